The van der Waals surface area contributed by atoms with Crippen molar-refractivity contribution in [2.75, 3.05) is 11.4 Å². The minimum atomic E-state index is -0.426. The number of fused-ring (bicyclic) bond motifs is 1. The summed E-state index contributed by atoms with van der Waals surface area (Å²) in [6.07, 6.45) is 3.45. The van der Waals surface area contributed by atoms with Gasteiger partial charge in [0.2, 0.25) is 5.91 Å². The fourth-order valence-electron chi connectivity index (χ4n) is 2.82. The SMILES string of the molecule is Cc1ccc2c(c1)C(O)CCN2C(=O)C1CCC1. The van der Waals surface area contributed by atoms with E-state index in [0.717, 1.165) is 29.7 Å². The number of benzene rings is 1. The first-order valence-corrected chi connectivity index (χ1v) is 6.77. The highest BCUT2D eigenvalue weighted by Gasteiger charge is 2.34. The smallest absolute Gasteiger partial charge is 0.230 e. The number of aliphatic hydroxyl groups is 1. The number of rotatable bonds is 1. The Labute approximate surface area is 107 Å². The second-order valence-electron chi connectivity index (χ2n) is 5.48. The van der Waals surface area contributed by atoms with Crippen LogP contribution in [0.25, 0.3) is 0 Å². The molecule has 1 fully saturated rings. The van der Waals surface area contributed by atoms with Crippen molar-refractivity contribution >= 4 is 11.6 Å². The van der Waals surface area contributed by atoms with Crippen molar-refractivity contribution in [3.63, 3.8) is 0 Å². The third-order valence-electron chi connectivity index (χ3n) is 4.18. The van der Waals surface area contributed by atoms with Gasteiger partial charge in [0.05, 0.1) is 6.10 Å². The zero-order chi connectivity index (χ0) is 12.7. The zero-order valence-corrected chi connectivity index (χ0v) is 10.7. The molecule has 1 aromatic rings. The van der Waals surface area contributed by atoms with E-state index in [1.807, 2.05) is 30.0 Å². The predicted molar refractivity (Wildman–Crippen MR) is 70.4 cm³/mol. The average Bonchev–Trinajstić information content (AvgIpc) is 2.28. The Morgan fingerprint density at radius 2 is 2.11 bits per heavy atom. The maximum atomic E-state index is 12.4. The van der Waals surface area contributed by atoms with Crippen LogP contribution in [0, 0.1) is 12.8 Å². The Kier molecular flexibility index (Phi) is 2.86. The Hall–Kier alpha value is -1.35. The van der Waals surface area contributed by atoms with Crippen LogP contribution in [0.2, 0.25) is 0 Å². The zero-order valence-electron chi connectivity index (χ0n) is 10.7. The molecule has 2 aliphatic rings. The van der Waals surface area contributed by atoms with Gasteiger partial charge >= 0.3 is 0 Å². The van der Waals surface area contributed by atoms with Crippen molar-refractivity contribution in [1.29, 1.82) is 0 Å². The summed E-state index contributed by atoms with van der Waals surface area (Å²) in [6, 6.07) is 5.99. The molecule has 3 rings (SSSR count). The van der Waals surface area contributed by atoms with E-state index < -0.39 is 6.10 Å². The van der Waals surface area contributed by atoms with E-state index in [0.29, 0.717) is 13.0 Å². The number of anilines is 1. The van der Waals surface area contributed by atoms with Gasteiger partial charge in [-0.3, -0.25) is 4.79 Å². The van der Waals surface area contributed by atoms with Crippen LogP contribution in [-0.4, -0.2) is 17.6 Å². The molecule has 3 nitrogen and oxygen atoms in total. The topological polar surface area (TPSA) is 40.5 Å². The first-order valence-electron chi connectivity index (χ1n) is 6.77. The summed E-state index contributed by atoms with van der Waals surface area (Å²) < 4.78 is 0. The van der Waals surface area contributed by atoms with Gasteiger partial charge in [0.15, 0.2) is 0 Å². The minimum Gasteiger partial charge on any atom is -0.388 e. The van der Waals surface area contributed by atoms with Crippen molar-refractivity contribution in [2.45, 2.75) is 38.7 Å². The van der Waals surface area contributed by atoms with Gasteiger partial charge in [-0.05, 0) is 32.3 Å². The summed E-state index contributed by atoms with van der Waals surface area (Å²) in [5, 5.41) is 10.1. The van der Waals surface area contributed by atoms with Gasteiger partial charge in [-0.25, -0.2) is 0 Å². The quantitative estimate of drug-likeness (QED) is 0.826. The summed E-state index contributed by atoms with van der Waals surface area (Å²) in [6.45, 7) is 2.66. The minimum absolute atomic E-state index is 0.217. The normalized spacial score (nSPS) is 23.4. The molecule has 0 saturated heterocycles. The second kappa shape index (κ2) is 4.39. The predicted octanol–water partition coefficient (Wildman–Crippen LogP) is 2.57. The molecule has 1 aliphatic heterocycles. The van der Waals surface area contributed by atoms with Crippen molar-refractivity contribution < 1.29 is 9.90 Å². The lowest BCUT2D eigenvalue weighted by Crippen LogP contribution is -2.42. The Balaban J connectivity index is 1.94. The van der Waals surface area contributed by atoms with E-state index in [2.05, 4.69) is 0 Å². The van der Waals surface area contributed by atoms with E-state index >= 15 is 0 Å². The number of hydrogen-bond acceptors (Lipinski definition) is 2. The molecule has 1 aliphatic carbocycles. The molecule has 1 atom stereocenters. The molecular weight excluding hydrogens is 226 g/mol. The van der Waals surface area contributed by atoms with Crippen molar-refractivity contribution in [2.24, 2.45) is 5.92 Å². The largest absolute Gasteiger partial charge is 0.388 e. The number of aliphatic hydroxyl groups excluding tert-OH is 1. The standard InChI is InChI=1S/C15H19NO2/c1-10-5-6-13-12(9-10)14(17)7-8-16(13)15(18)11-3-2-4-11/h5-6,9,11,14,17H,2-4,7-8H2,1H3. The number of carbonyl (C=O) groups excluding carboxylic acids is 1. The van der Waals surface area contributed by atoms with E-state index in [1.54, 1.807) is 0 Å². The third-order valence-corrected chi connectivity index (χ3v) is 4.18. The van der Waals surface area contributed by atoms with E-state index in [1.165, 1.54) is 6.42 Å². The number of carbonyl (C=O) groups is 1. The fourth-order valence-corrected chi connectivity index (χ4v) is 2.82. The average molecular weight is 245 g/mol. The maximum absolute atomic E-state index is 12.4. The van der Waals surface area contributed by atoms with Crippen LogP contribution < -0.4 is 4.90 Å². The molecular formula is C15H19NO2. The van der Waals surface area contributed by atoms with Gasteiger partial charge in [0.1, 0.15) is 0 Å². The molecule has 1 aromatic carbocycles. The third kappa shape index (κ3) is 1.83. The van der Waals surface area contributed by atoms with Crippen LogP contribution in [0.3, 0.4) is 0 Å². The summed E-state index contributed by atoms with van der Waals surface area (Å²) in [5.74, 6) is 0.465. The second-order valence-corrected chi connectivity index (χ2v) is 5.48. The maximum Gasteiger partial charge on any atom is 0.230 e. The van der Waals surface area contributed by atoms with Crippen LogP contribution in [-0.2, 0) is 4.79 Å². The summed E-state index contributed by atoms with van der Waals surface area (Å²) in [7, 11) is 0. The van der Waals surface area contributed by atoms with E-state index in [4.69, 9.17) is 0 Å². The van der Waals surface area contributed by atoms with Crippen LogP contribution in [0.5, 0.6) is 0 Å². The number of aryl methyl sites for hydroxylation is 1. The lowest BCUT2D eigenvalue weighted by atomic mass is 9.83. The molecule has 0 bridgehead atoms. The summed E-state index contributed by atoms with van der Waals surface area (Å²) >= 11 is 0. The van der Waals surface area contributed by atoms with Gasteiger partial charge in [0.25, 0.3) is 0 Å². The van der Waals surface area contributed by atoms with Crippen molar-refractivity contribution in [1.82, 2.24) is 0 Å². The van der Waals surface area contributed by atoms with E-state index in [-0.39, 0.29) is 11.8 Å². The van der Waals surface area contributed by atoms with Crippen molar-refractivity contribution in [3.05, 3.63) is 29.3 Å². The van der Waals surface area contributed by atoms with Crippen LogP contribution in [0.15, 0.2) is 18.2 Å². The number of amides is 1. The molecule has 3 heteroatoms. The highest BCUT2D eigenvalue weighted by Crippen LogP contribution is 2.37. The first kappa shape index (κ1) is 11.7. The molecule has 0 aromatic heterocycles. The fraction of sp³-hybridized carbons (Fsp3) is 0.533. The van der Waals surface area contributed by atoms with Crippen LogP contribution >= 0.6 is 0 Å². The number of nitrogens with zero attached hydrogens (tertiary/aromatic N) is 1. The molecule has 18 heavy (non-hydrogen) atoms. The van der Waals surface area contributed by atoms with E-state index in [9.17, 15) is 9.90 Å². The van der Waals surface area contributed by atoms with Gasteiger partial charge in [0, 0.05) is 23.7 Å². The molecule has 1 heterocycles. The molecule has 1 amide bonds. The van der Waals surface area contributed by atoms with Gasteiger partial charge in [-0.2, -0.15) is 0 Å². The molecule has 1 N–H and O–H groups in total. The van der Waals surface area contributed by atoms with Crippen LogP contribution in [0.1, 0.15) is 42.9 Å². The van der Waals surface area contributed by atoms with Crippen molar-refractivity contribution in [3.8, 4) is 0 Å². The highest BCUT2D eigenvalue weighted by molar-refractivity contribution is 5.96. The molecule has 1 unspecified atom stereocenters. The van der Waals surface area contributed by atoms with Gasteiger partial charge in [-0.1, -0.05) is 24.1 Å². The Bertz CT molecular complexity index is 479. The first-order chi connectivity index (χ1) is 8.66. The summed E-state index contributed by atoms with van der Waals surface area (Å²) in [4.78, 5) is 14.3. The lowest BCUT2D eigenvalue weighted by molar-refractivity contribution is -0.124. The Morgan fingerprint density at radius 3 is 2.78 bits per heavy atom. The van der Waals surface area contributed by atoms with Crippen LogP contribution in [0.4, 0.5) is 5.69 Å². The summed E-state index contributed by atoms with van der Waals surface area (Å²) in [5.41, 5.74) is 2.95. The van der Waals surface area contributed by atoms with Gasteiger partial charge < -0.3 is 10.0 Å². The number of hydrogen-bond donors (Lipinski definition) is 1. The monoisotopic (exact) mass is 245 g/mol. The molecule has 96 valence electrons. The Morgan fingerprint density at radius 1 is 1.33 bits per heavy atom. The molecule has 0 radical (unpaired) electrons. The lowest BCUT2D eigenvalue weighted by Gasteiger charge is -2.37. The molecule has 0 spiro atoms. The molecule has 1 saturated carbocycles. The highest BCUT2D eigenvalue weighted by atomic mass is 16.3. The van der Waals surface area contributed by atoms with Gasteiger partial charge in [-0.15, -0.1) is 0 Å².